The van der Waals surface area contributed by atoms with Crippen LogP contribution in [0.3, 0.4) is 0 Å². The summed E-state index contributed by atoms with van der Waals surface area (Å²) < 4.78 is 8.52. The molecule has 0 aliphatic carbocycles. The van der Waals surface area contributed by atoms with E-state index < -0.39 is 5.97 Å². The molecule has 0 aliphatic rings. The molecule has 2 heterocycles. The number of hydrogen-bond acceptors (Lipinski definition) is 4. The van der Waals surface area contributed by atoms with Crippen molar-refractivity contribution in [2.24, 2.45) is 0 Å². The van der Waals surface area contributed by atoms with Crippen LogP contribution < -0.4 is 0 Å². The van der Waals surface area contributed by atoms with Gasteiger partial charge in [0.15, 0.2) is 0 Å². The van der Waals surface area contributed by atoms with Crippen molar-refractivity contribution in [2.45, 2.75) is 26.9 Å². The van der Waals surface area contributed by atoms with Crippen molar-refractivity contribution >= 4 is 33.7 Å². The zero-order valence-electron chi connectivity index (χ0n) is 17.8. The second-order valence-corrected chi connectivity index (χ2v) is 6.52. The highest BCUT2D eigenvalue weighted by Gasteiger charge is 2.05. The molecule has 0 amide bonds. The Bertz CT molecular complexity index is 1110. The molecule has 0 spiro atoms. The smallest absolute Gasteiger partial charge is 0.325 e. The lowest BCUT2D eigenvalue weighted by Crippen LogP contribution is -2.12. The molecule has 4 aromatic rings. The summed E-state index contributed by atoms with van der Waals surface area (Å²) in [5.41, 5.74) is 2.02. The first-order valence-electron chi connectivity index (χ1n) is 10.1. The third-order valence-electron chi connectivity index (χ3n) is 4.27. The molecule has 0 fully saturated rings. The highest BCUT2D eigenvalue weighted by Crippen LogP contribution is 2.15. The minimum Gasteiger partial charge on any atom is -0.480 e. The SMILES string of the molecule is CCO.CCOC(=O)Cn1ccc2ccccc21.O=C(O)Cn1ccc2ccccc21. The Morgan fingerprint density at radius 3 is 1.71 bits per heavy atom. The Hall–Kier alpha value is -3.58. The summed E-state index contributed by atoms with van der Waals surface area (Å²) >= 11 is 0. The normalized spacial score (nSPS) is 10.0. The van der Waals surface area contributed by atoms with E-state index >= 15 is 0 Å². The number of nitrogens with zero attached hydrogens (tertiary/aromatic N) is 2. The molecule has 0 saturated carbocycles. The lowest BCUT2D eigenvalue weighted by molar-refractivity contribution is -0.143. The van der Waals surface area contributed by atoms with E-state index in [9.17, 15) is 9.59 Å². The summed E-state index contributed by atoms with van der Waals surface area (Å²) in [6.45, 7) is 4.47. The van der Waals surface area contributed by atoms with Gasteiger partial charge in [0.2, 0.25) is 0 Å². The number of hydrogen-bond donors (Lipinski definition) is 2. The minimum absolute atomic E-state index is 0.0213. The number of ether oxygens (including phenoxy) is 1. The molecule has 7 nitrogen and oxygen atoms in total. The first-order chi connectivity index (χ1) is 15.0. The third kappa shape index (κ3) is 7.01. The molecule has 164 valence electrons. The quantitative estimate of drug-likeness (QED) is 0.474. The number of aliphatic hydroxyl groups excluding tert-OH is 1. The van der Waals surface area contributed by atoms with Crippen molar-refractivity contribution in [3.8, 4) is 0 Å². The summed E-state index contributed by atoms with van der Waals surface area (Å²) in [4.78, 5) is 21.8. The lowest BCUT2D eigenvalue weighted by atomic mass is 10.2. The largest absolute Gasteiger partial charge is 0.480 e. The Labute approximate surface area is 181 Å². The Morgan fingerprint density at radius 2 is 1.26 bits per heavy atom. The van der Waals surface area contributed by atoms with Gasteiger partial charge in [-0.25, -0.2) is 0 Å². The highest BCUT2D eigenvalue weighted by molar-refractivity contribution is 5.82. The molecular formula is C24H28N2O5. The fourth-order valence-electron chi connectivity index (χ4n) is 3.05. The van der Waals surface area contributed by atoms with Crippen LogP contribution in [0.2, 0.25) is 0 Å². The minimum atomic E-state index is -0.818. The van der Waals surface area contributed by atoms with Gasteiger partial charge in [-0.2, -0.15) is 0 Å². The van der Waals surface area contributed by atoms with Gasteiger partial charge in [-0.15, -0.1) is 0 Å². The molecule has 2 aromatic heterocycles. The summed E-state index contributed by atoms with van der Waals surface area (Å²) in [6.07, 6.45) is 3.69. The Morgan fingerprint density at radius 1 is 0.806 bits per heavy atom. The maximum Gasteiger partial charge on any atom is 0.325 e. The molecule has 0 bridgehead atoms. The first-order valence-corrected chi connectivity index (χ1v) is 10.1. The first kappa shape index (κ1) is 23.7. The van der Waals surface area contributed by atoms with Gasteiger partial charge in [-0.1, -0.05) is 36.4 Å². The summed E-state index contributed by atoms with van der Waals surface area (Å²) in [6, 6.07) is 19.6. The topological polar surface area (TPSA) is 93.7 Å². The van der Waals surface area contributed by atoms with E-state index in [4.69, 9.17) is 14.9 Å². The van der Waals surface area contributed by atoms with Crippen LogP contribution in [-0.4, -0.2) is 44.5 Å². The highest BCUT2D eigenvalue weighted by atomic mass is 16.5. The number of rotatable bonds is 5. The molecule has 0 aliphatic heterocycles. The van der Waals surface area contributed by atoms with Crippen molar-refractivity contribution in [3.63, 3.8) is 0 Å². The number of benzene rings is 2. The maximum atomic E-state index is 11.3. The predicted octanol–water partition coefficient (Wildman–Crippen LogP) is 3.93. The van der Waals surface area contributed by atoms with E-state index in [0.29, 0.717) is 6.61 Å². The molecule has 7 heteroatoms. The van der Waals surface area contributed by atoms with Crippen molar-refractivity contribution in [2.75, 3.05) is 13.2 Å². The van der Waals surface area contributed by atoms with E-state index in [-0.39, 0.29) is 25.7 Å². The van der Waals surface area contributed by atoms with Gasteiger partial charge in [-0.3, -0.25) is 9.59 Å². The predicted molar refractivity (Wildman–Crippen MR) is 121 cm³/mol. The Kier molecular flexibility index (Phi) is 9.32. The average Bonchev–Trinajstić information content (AvgIpc) is 3.34. The van der Waals surface area contributed by atoms with Gasteiger partial charge in [0.1, 0.15) is 13.1 Å². The van der Waals surface area contributed by atoms with Crippen LogP contribution in [0.5, 0.6) is 0 Å². The van der Waals surface area contributed by atoms with Crippen LogP contribution >= 0.6 is 0 Å². The second kappa shape index (κ2) is 12.2. The van der Waals surface area contributed by atoms with E-state index in [1.54, 1.807) is 17.7 Å². The van der Waals surface area contributed by atoms with Crippen LogP contribution in [0.4, 0.5) is 0 Å². The van der Waals surface area contributed by atoms with Crippen molar-refractivity contribution < 1.29 is 24.5 Å². The number of aliphatic hydroxyl groups is 1. The zero-order valence-corrected chi connectivity index (χ0v) is 17.8. The number of carboxylic acids is 1. The van der Waals surface area contributed by atoms with Gasteiger partial charge < -0.3 is 24.1 Å². The maximum absolute atomic E-state index is 11.3. The van der Waals surface area contributed by atoms with Gasteiger partial charge in [0, 0.05) is 30.0 Å². The molecule has 2 N–H and O–H groups in total. The molecule has 2 aromatic carbocycles. The van der Waals surface area contributed by atoms with Gasteiger partial charge >= 0.3 is 11.9 Å². The van der Waals surface area contributed by atoms with Crippen LogP contribution in [0.25, 0.3) is 21.8 Å². The van der Waals surface area contributed by atoms with Crippen LogP contribution in [0.1, 0.15) is 13.8 Å². The number of carboxylic acid groups (broad SMARTS) is 1. The third-order valence-corrected chi connectivity index (χ3v) is 4.27. The Balaban J connectivity index is 0.000000197. The number of aromatic nitrogens is 2. The molecular weight excluding hydrogens is 396 g/mol. The number of para-hydroxylation sites is 2. The molecule has 0 radical (unpaired) electrons. The summed E-state index contributed by atoms with van der Waals surface area (Å²) in [7, 11) is 0. The van der Waals surface area contributed by atoms with E-state index in [0.717, 1.165) is 21.8 Å². The molecule has 4 rings (SSSR count). The second-order valence-electron chi connectivity index (χ2n) is 6.52. The van der Waals surface area contributed by atoms with Gasteiger partial charge in [0.25, 0.3) is 0 Å². The van der Waals surface area contributed by atoms with Crippen LogP contribution in [0.15, 0.2) is 73.1 Å². The fourth-order valence-corrected chi connectivity index (χ4v) is 3.05. The van der Waals surface area contributed by atoms with E-state index in [2.05, 4.69) is 0 Å². The number of carbonyl (C=O) groups excluding carboxylic acids is 1. The monoisotopic (exact) mass is 424 g/mol. The number of carbonyl (C=O) groups is 2. The van der Waals surface area contributed by atoms with Gasteiger partial charge in [0.05, 0.1) is 6.61 Å². The van der Waals surface area contributed by atoms with Crippen LogP contribution in [0, 0.1) is 0 Å². The van der Waals surface area contributed by atoms with Crippen molar-refractivity contribution in [1.82, 2.24) is 9.13 Å². The standard InChI is InChI=1S/C12H13NO2.C10H9NO2.C2H6O/c1-2-15-12(14)9-13-8-7-10-5-3-4-6-11(10)13;12-10(13)7-11-6-5-8-3-1-2-4-9(8)11;1-2-3/h3-8H,2,9H2,1H3;1-6H,7H2,(H,12,13);3H,2H2,1H3. The van der Waals surface area contributed by atoms with Crippen molar-refractivity contribution in [3.05, 3.63) is 73.1 Å². The summed E-state index contributed by atoms with van der Waals surface area (Å²) in [5, 5.41) is 18.4. The molecule has 0 atom stereocenters. The van der Waals surface area contributed by atoms with E-state index in [1.165, 1.54) is 0 Å². The van der Waals surface area contributed by atoms with E-state index in [1.807, 2.05) is 78.4 Å². The number of esters is 1. The van der Waals surface area contributed by atoms with Crippen LogP contribution in [-0.2, 0) is 27.4 Å². The number of fused-ring (bicyclic) bond motifs is 2. The zero-order chi connectivity index (χ0) is 22.6. The van der Waals surface area contributed by atoms with Gasteiger partial charge in [-0.05, 0) is 48.9 Å². The summed E-state index contributed by atoms with van der Waals surface area (Å²) in [5.74, 6) is -1.01. The number of aliphatic carboxylic acids is 1. The lowest BCUT2D eigenvalue weighted by Gasteiger charge is -2.04. The van der Waals surface area contributed by atoms with Crippen molar-refractivity contribution in [1.29, 1.82) is 0 Å². The fraction of sp³-hybridized carbons (Fsp3) is 0.250. The average molecular weight is 424 g/mol. The molecule has 0 unspecified atom stereocenters. The molecule has 31 heavy (non-hydrogen) atoms. The molecule has 0 saturated heterocycles.